The van der Waals surface area contributed by atoms with E-state index in [1.807, 2.05) is 7.11 Å². The molecule has 4 aromatic carbocycles. The molecular weight excluding hydrogens is 615 g/mol. The summed E-state index contributed by atoms with van der Waals surface area (Å²) in [6.45, 7) is 0. The van der Waals surface area contributed by atoms with Crippen LogP contribution in [0.2, 0.25) is 0 Å². The molecule has 49 heavy (non-hydrogen) atoms. The molecule has 0 N–H and O–H groups in total. The van der Waals surface area contributed by atoms with Gasteiger partial charge in [-0.2, -0.15) is 0 Å². The average molecular weight is 667 g/mol. The summed E-state index contributed by atoms with van der Waals surface area (Å²) in [6, 6.07) is 44.0. The largest absolute Gasteiger partial charge is 0.380 e. The quantitative estimate of drug-likeness (QED) is 0.174. The van der Waals surface area contributed by atoms with Crippen LogP contribution in [0.1, 0.15) is 80.4 Å². The van der Waals surface area contributed by atoms with Crippen molar-refractivity contribution in [2.24, 2.45) is 23.7 Å². The summed E-state index contributed by atoms with van der Waals surface area (Å²) in [6.07, 6.45) is 12.3. The van der Waals surface area contributed by atoms with Crippen LogP contribution >= 0.6 is 8.58 Å². The van der Waals surface area contributed by atoms with Crippen LogP contribution in [0, 0.1) is 23.7 Å². The van der Waals surface area contributed by atoms with E-state index in [2.05, 4.69) is 122 Å². The minimum atomic E-state index is -0.0191. The Morgan fingerprint density at radius 3 is 1.82 bits per heavy atom. The molecule has 4 aromatic rings. The Bertz CT molecular complexity index is 1770. The van der Waals surface area contributed by atoms with Gasteiger partial charge in [0.25, 0.3) is 0 Å². The summed E-state index contributed by atoms with van der Waals surface area (Å²) in [5.41, 5.74) is 7.43. The Labute approximate surface area is 295 Å². The third kappa shape index (κ3) is 4.42. The molecule has 0 aliphatic heterocycles. The Balaban J connectivity index is 1.17. The van der Waals surface area contributed by atoms with Crippen molar-refractivity contribution < 1.29 is 9.47 Å². The van der Waals surface area contributed by atoms with Crippen molar-refractivity contribution in [3.63, 3.8) is 0 Å². The van der Waals surface area contributed by atoms with Gasteiger partial charge in [-0.1, -0.05) is 115 Å². The summed E-state index contributed by atoms with van der Waals surface area (Å²) < 4.78 is 13.7. The number of ether oxygens (including phenoxy) is 2. The molecule has 0 radical (unpaired) electrons. The topological polar surface area (TPSA) is 18.5 Å². The van der Waals surface area contributed by atoms with Gasteiger partial charge in [0.15, 0.2) is 0 Å². The molecule has 8 saturated carbocycles. The molecule has 8 fully saturated rings. The molecule has 10 unspecified atom stereocenters. The first kappa shape index (κ1) is 31.0. The first-order valence-corrected chi connectivity index (χ1v) is 20.1. The molecular formula is C46H51O2P. The Hall–Kier alpha value is -2.77. The van der Waals surface area contributed by atoms with Gasteiger partial charge in [0.1, 0.15) is 0 Å². The summed E-state index contributed by atoms with van der Waals surface area (Å²) in [4.78, 5) is 0. The van der Waals surface area contributed by atoms with Gasteiger partial charge in [-0.3, -0.25) is 0 Å². The van der Waals surface area contributed by atoms with E-state index in [4.69, 9.17) is 9.47 Å². The van der Waals surface area contributed by atoms with E-state index < -0.39 is 0 Å². The maximum absolute atomic E-state index is 7.05. The fourth-order valence-corrected chi connectivity index (χ4v) is 18.0. The van der Waals surface area contributed by atoms with Crippen LogP contribution in [-0.4, -0.2) is 36.7 Å². The molecule has 12 rings (SSSR count). The fourth-order valence-electron chi connectivity index (χ4n) is 14.4. The van der Waals surface area contributed by atoms with Crippen LogP contribution in [0.15, 0.2) is 115 Å². The van der Waals surface area contributed by atoms with Crippen LogP contribution < -0.4 is 0 Å². The van der Waals surface area contributed by atoms with Crippen LogP contribution in [0.3, 0.4) is 0 Å². The molecule has 8 bridgehead atoms. The maximum Gasteiger partial charge on any atom is 0.0761 e. The zero-order chi connectivity index (χ0) is 32.8. The molecule has 0 amide bonds. The van der Waals surface area contributed by atoms with E-state index >= 15 is 0 Å². The molecule has 8 aliphatic rings. The van der Waals surface area contributed by atoms with Gasteiger partial charge in [-0.05, 0) is 120 Å². The number of hydrogen-bond acceptors (Lipinski definition) is 2. The average Bonchev–Trinajstić information content (AvgIpc) is 3.12. The molecule has 8 aliphatic carbocycles. The van der Waals surface area contributed by atoms with Crippen LogP contribution in [0.5, 0.6) is 0 Å². The number of rotatable bonds is 8. The molecule has 10 atom stereocenters. The summed E-state index contributed by atoms with van der Waals surface area (Å²) in [7, 11) is 4.96. The summed E-state index contributed by atoms with van der Waals surface area (Å²) in [5, 5.41) is 0.433. The Kier molecular flexibility index (Phi) is 7.19. The van der Waals surface area contributed by atoms with Crippen molar-refractivity contribution in [3.8, 4) is 11.1 Å². The third-order valence-corrected chi connectivity index (χ3v) is 17.2. The van der Waals surface area contributed by atoms with E-state index in [0.717, 1.165) is 39.2 Å². The molecule has 0 saturated heterocycles. The highest BCUT2D eigenvalue weighted by Crippen LogP contribution is 2.78. The second kappa shape index (κ2) is 11.4. The predicted octanol–water partition coefficient (Wildman–Crippen LogP) is 10.6. The van der Waals surface area contributed by atoms with Crippen molar-refractivity contribution in [1.29, 1.82) is 0 Å². The lowest BCUT2D eigenvalue weighted by Gasteiger charge is -2.74. The van der Waals surface area contributed by atoms with Gasteiger partial charge in [0.05, 0.1) is 12.2 Å². The van der Waals surface area contributed by atoms with E-state index in [1.54, 1.807) is 5.56 Å². The molecule has 3 heteroatoms. The number of benzene rings is 4. The Morgan fingerprint density at radius 1 is 0.551 bits per heavy atom. The van der Waals surface area contributed by atoms with E-state index in [1.165, 1.54) is 67.2 Å². The molecule has 0 aromatic heterocycles. The van der Waals surface area contributed by atoms with Crippen molar-refractivity contribution >= 4 is 8.58 Å². The van der Waals surface area contributed by atoms with E-state index in [9.17, 15) is 0 Å². The highest BCUT2D eigenvalue weighted by molar-refractivity contribution is 7.42. The van der Waals surface area contributed by atoms with Gasteiger partial charge >= 0.3 is 0 Å². The number of methoxy groups -OCH3 is 2. The van der Waals surface area contributed by atoms with Gasteiger partial charge < -0.3 is 9.47 Å². The zero-order valence-corrected chi connectivity index (χ0v) is 30.2. The monoisotopic (exact) mass is 666 g/mol. The van der Waals surface area contributed by atoms with Crippen LogP contribution in [-0.2, 0) is 20.3 Å². The maximum atomic E-state index is 7.05. The standard InChI is InChI=1S/C46H51O2P/c1-47-41-35-27-43(36-16-8-4-9-17-36)29-44(41,37-18-10-5-11-19-37)30-46(28-35,42(43)48-2)49-45-25-31-22-32(26-45)24-34(23-31)40(45)39-21-13-12-20-38(39)33-14-6-3-7-15-33/h3-21,31-32,34-35,40-42,49H,22-30H2,1-2H3. The predicted molar refractivity (Wildman–Crippen MR) is 202 cm³/mol. The van der Waals surface area contributed by atoms with Crippen LogP contribution in [0.25, 0.3) is 11.1 Å². The van der Waals surface area contributed by atoms with Crippen molar-refractivity contribution in [2.75, 3.05) is 14.2 Å². The zero-order valence-electron chi connectivity index (χ0n) is 29.2. The Morgan fingerprint density at radius 2 is 1.16 bits per heavy atom. The van der Waals surface area contributed by atoms with E-state index in [-0.39, 0.29) is 28.2 Å². The summed E-state index contributed by atoms with van der Waals surface area (Å²) in [5.74, 6) is 3.70. The SMILES string of the molecule is COC1C2CC3(PC45CC6CC(CC(C6)C4c4ccccc4-c4ccccc4)C5)CC1(c1ccccc1)CC(c1ccccc1)(C2)C3OC. The first-order valence-electron chi connectivity index (χ1n) is 19.1. The van der Waals surface area contributed by atoms with Gasteiger partial charge in [0, 0.05) is 30.2 Å². The highest BCUT2D eigenvalue weighted by Gasteiger charge is 2.74. The summed E-state index contributed by atoms with van der Waals surface area (Å²) >= 11 is 0. The molecule has 0 spiro atoms. The smallest absolute Gasteiger partial charge is 0.0761 e. The first-order chi connectivity index (χ1) is 24.0. The number of hydrogen-bond donors (Lipinski definition) is 0. The van der Waals surface area contributed by atoms with Crippen molar-refractivity contribution in [2.45, 2.75) is 97.1 Å². The van der Waals surface area contributed by atoms with Crippen LogP contribution in [0.4, 0.5) is 0 Å². The lowest BCUT2D eigenvalue weighted by Crippen LogP contribution is -2.75. The molecule has 0 heterocycles. The second-order valence-corrected chi connectivity index (χ2v) is 19.6. The van der Waals surface area contributed by atoms with E-state index in [0.29, 0.717) is 17.0 Å². The third-order valence-electron chi connectivity index (χ3n) is 14.9. The van der Waals surface area contributed by atoms with Crippen molar-refractivity contribution in [1.82, 2.24) is 0 Å². The highest BCUT2D eigenvalue weighted by atomic mass is 31.1. The minimum Gasteiger partial charge on any atom is -0.380 e. The fraction of sp³-hybridized carbons (Fsp3) is 0.478. The lowest BCUT2D eigenvalue weighted by atomic mass is 9.39. The normalized spacial score (nSPS) is 41.6. The van der Waals surface area contributed by atoms with Gasteiger partial charge in [0.2, 0.25) is 0 Å². The minimum absolute atomic E-state index is 0.0191. The molecule has 2 nitrogen and oxygen atoms in total. The second-order valence-electron chi connectivity index (χ2n) is 17.3. The van der Waals surface area contributed by atoms with Crippen molar-refractivity contribution in [3.05, 3.63) is 132 Å². The molecule has 252 valence electrons. The van der Waals surface area contributed by atoms with Gasteiger partial charge in [-0.15, -0.1) is 8.58 Å². The van der Waals surface area contributed by atoms with Gasteiger partial charge in [-0.25, -0.2) is 0 Å². The lowest BCUT2D eigenvalue weighted by molar-refractivity contribution is -0.187.